The van der Waals surface area contributed by atoms with E-state index in [1.807, 2.05) is 13.0 Å². The lowest BCUT2D eigenvalue weighted by Crippen LogP contribution is -2.26. The van der Waals surface area contributed by atoms with Gasteiger partial charge in [-0.1, -0.05) is 6.07 Å². The zero-order valence-corrected chi connectivity index (χ0v) is 16.6. The average molecular weight is 415 g/mol. The van der Waals surface area contributed by atoms with E-state index in [9.17, 15) is 23.2 Å². The number of carbonyl (C=O) groups excluding carboxylic acids is 3. The molecule has 1 aliphatic rings. The number of hydrogen-bond acceptors (Lipinski definition) is 3. The molecule has 3 rings (SSSR count). The minimum atomic E-state index is -0.936. The molecule has 0 aliphatic heterocycles. The summed E-state index contributed by atoms with van der Waals surface area (Å²) in [6.07, 6.45) is 2.30. The molecule has 8 heteroatoms. The van der Waals surface area contributed by atoms with Crippen LogP contribution in [0.1, 0.15) is 41.6 Å². The van der Waals surface area contributed by atoms with E-state index >= 15 is 0 Å². The first-order valence-electron chi connectivity index (χ1n) is 9.78. The summed E-state index contributed by atoms with van der Waals surface area (Å²) in [5, 5.41) is 8.15. The van der Waals surface area contributed by atoms with Crippen LogP contribution in [0.2, 0.25) is 0 Å². The number of aryl methyl sites for hydroxylation is 1. The number of nitrogens with one attached hydrogen (secondary N) is 3. The van der Waals surface area contributed by atoms with Crippen LogP contribution in [0.5, 0.6) is 0 Å². The molecule has 0 spiro atoms. The molecule has 3 amide bonds. The van der Waals surface area contributed by atoms with E-state index in [0.29, 0.717) is 23.9 Å². The lowest BCUT2D eigenvalue weighted by Gasteiger charge is -2.12. The number of benzene rings is 2. The van der Waals surface area contributed by atoms with Crippen molar-refractivity contribution in [3.63, 3.8) is 0 Å². The first-order valence-corrected chi connectivity index (χ1v) is 9.78. The number of anilines is 2. The van der Waals surface area contributed by atoms with Crippen molar-refractivity contribution in [2.75, 3.05) is 17.2 Å². The molecule has 3 N–H and O–H groups in total. The van der Waals surface area contributed by atoms with Gasteiger partial charge in [0.25, 0.3) is 5.91 Å². The molecule has 0 atom stereocenters. The maximum atomic E-state index is 13.6. The summed E-state index contributed by atoms with van der Waals surface area (Å²) >= 11 is 0. The first-order chi connectivity index (χ1) is 14.3. The Morgan fingerprint density at radius 3 is 2.50 bits per heavy atom. The minimum absolute atomic E-state index is 0.00976. The molecule has 158 valence electrons. The Morgan fingerprint density at radius 2 is 1.80 bits per heavy atom. The van der Waals surface area contributed by atoms with Gasteiger partial charge in [0, 0.05) is 36.3 Å². The molecule has 2 aromatic rings. The van der Waals surface area contributed by atoms with Crippen molar-refractivity contribution >= 4 is 29.1 Å². The fraction of sp³-hybridized carbons (Fsp3) is 0.318. The number of rotatable bonds is 8. The Labute approximate surface area is 173 Å². The van der Waals surface area contributed by atoms with Gasteiger partial charge >= 0.3 is 0 Å². The topological polar surface area (TPSA) is 87.3 Å². The van der Waals surface area contributed by atoms with E-state index in [0.717, 1.165) is 30.5 Å². The Kier molecular flexibility index (Phi) is 6.76. The van der Waals surface area contributed by atoms with Gasteiger partial charge in [0.05, 0.1) is 5.56 Å². The summed E-state index contributed by atoms with van der Waals surface area (Å²) < 4.78 is 26.5. The highest BCUT2D eigenvalue weighted by Crippen LogP contribution is 2.30. The molecular formula is C22H23F2N3O3. The average Bonchev–Trinajstić information content (AvgIpc) is 3.53. The highest BCUT2D eigenvalue weighted by molar-refractivity contribution is 5.96. The standard InChI is InChI=1S/C22H23F2N3O3/c1-13-4-8-16(26-21(29)14-5-6-14)12-19(13)27-20(28)3-2-10-25-22(30)17-9-7-15(23)11-18(17)24/h4,7-9,11-12,14H,2-3,5-6,10H2,1H3,(H,25,30)(H,26,29)(H,27,28). The van der Waals surface area contributed by atoms with E-state index < -0.39 is 17.5 Å². The van der Waals surface area contributed by atoms with Gasteiger partial charge < -0.3 is 16.0 Å². The zero-order chi connectivity index (χ0) is 21.7. The first kappa shape index (κ1) is 21.4. The van der Waals surface area contributed by atoms with Crippen LogP contribution in [0.15, 0.2) is 36.4 Å². The number of amides is 3. The molecule has 30 heavy (non-hydrogen) atoms. The van der Waals surface area contributed by atoms with Crippen LogP contribution in [0.3, 0.4) is 0 Å². The summed E-state index contributed by atoms with van der Waals surface area (Å²) in [5.74, 6) is -2.53. The van der Waals surface area contributed by atoms with Crippen molar-refractivity contribution in [1.29, 1.82) is 0 Å². The molecule has 0 aromatic heterocycles. The molecule has 2 aromatic carbocycles. The second kappa shape index (κ2) is 9.47. The van der Waals surface area contributed by atoms with Crippen LogP contribution in [0, 0.1) is 24.5 Å². The van der Waals surface area contributed by atoms with Gasteiger partial charge in [0.2, 0.25) is 11.8 Å². The molecular weight excluding hydrogens is 392 g/mol. The number of halogens is 2. The molecule has 0 bridgehead atoms. The predicted octanol–water partition coefficient (Wildman–Crippen LogP) is 3.77. The Hall–Kier alpha value is -3.29. The Balaban J connectivity index is 1.45. The molecule has 0 saturated heterocycles. The summed E-state index contributed by atoms with van der Waals surface area (Å²) in [4.78, 5) is 36.0. The quantitative estimate of drug-likeness (QED) is 0.574. The third-order valence-corrected chi connectivity index (χ3v) is 4.77. The van der Waals surface area contributed by atoms with Crippen molar-refractivity contribution in [3.05, 3.63) is 59.2 Å². The molecule has 1 aliphatic carbocycles. The predicted molar refractivity (Wildman–Crippen MR) is 109 cm³/mol. The maximum Gasteiger partial charge on any atom is 0.254 e. The third kappa shape index (κ3) is 5.85. The lowest BCUT2D eigenvalue weighted by atomic mass is 10.1. The molecule has 0 heterocycles. The maximum absolute atomic E-state index is 13.6. The van der Waals surface area contributed by atoms with Crippen molar-refractivity contribution in [2.45, 2.75) is 32.6 Å². The molecule has 0 radical (unpaired) electrons. The van der Waals surface area contributed by atoms with Gasteiger partial charge in [0.1, 0.15) is 11.6 Å². The van der Waals surface area contributed by atoms with Gasteiger partial charge in [-0.3, -0.25) is 14.4 Å². The second-order valence-corrected chi connectivity index (χ2v) is 7.33. The van der Waals surface area contributed by atoms with Crippen LogP contribution in [-0.4, -0.2) is 24.3 Å². The summed E-state index contributed by atoms with van der Waals surface area (Å²) in [5.41, 5.74) is 1.83. The number of carbonyl (C=O) groups is 3. The van der Waals surface area contributed by atoms with Crippen LogP contribution in [-0.2, 0) is 9.59 Å². The zero-order valence-electron chi connectivity index (χ0n) is 16.6. The van der Waals surface area contributed by atoms with Crippen molar-refractivity contribution in [1.82, 2.24) is 5.32 Å². The number of hydrogen-bond donors (Lipinski definition) is 3. The highest BCUT2D eigenvalue weighted by Gasteiger charge is 2.29. The smallest absolute Gasteiger partial charge is 0.254 e. The normalized spacial score (nSPS) is 12.9. The van der Waals surface area contributed by atoms with Gasteiger partial charge in [-0.2, -0.15) is 0 Å². The van der Waals surface area contributed by atoms with Crippen molar-refractivity contribution in [2.24, 2.45) is 5.92 Å². The van der Waals surface area contributed by atoms with Crippen LogP contribution < -0.4 is 16.0 Å². The third-order valence-electron chi connectivity index (χ3n) is 4.77. The minimum Gasteiger partial charge on any atom is -0.352 e. The van der Waals surface area contributed by atoms with E-state index in [4.69, 9.17) is 0 Å². The van der Waals surface area contributed by atoms with Crippen LogP contribution in [0.25, 0.3) is 0 Å². The van der Waals surface area contributed by atoms with Crippen LogP contribution >= 0.6 is 0 Å². The molecule has 1 fully saturated rings. The monoisotopic (exact) mass is 415 g/mol. The van der Waals surface area contributed by atoms with Gasteiger partial charge in [0.15, 0.2) is 0 Å². The van der Waals surface area contributed by atoms with E-state index in [2.05, 4.69) is 16.0 Å². The SMILES string of the molecule is Cc1ccc(NC(=O)C2CC2)cc1NC(=O)CCCNC(=O)c1ccc(F)cc1F. The van der Waals surface area contributed by atoms with Gasteiger partial charge in [-0.05, 0) is 56.0 Å². The molecule has 1 saturated carbocycles. The Bertz CT molecular complexity index is 974. The van der Waals surface area contributed by atoms with E-state index in [1.165, 1.54) is 0 Å². The lowest BCUT2D eigenvalue weighted by molar-refractivity contribution is -0.117. The van der Waals surface area contributed by atoms with Gasteiger partial charge in [-0.15, -0.1) is 0 Å². The second-order valence-electron chi connectivity index (χ2n) is 7.33. The summed E-state index contributed by atoms with van der Waals surface area (Å²) in [6, 6.07) is 8.04. The molecule has 0 unspecified atom stereocenters. The fourth-order valence-corrected chi connectivity index (χ4v) is 2.86. The summed E-state index contributed by atoms with van der Waals surface area (Å²) in [6.45, 7) is 2.01. The van der Waals surface area contributed by atoms with E-state index in [1.54, 1.807) is 12.1 Å². The highest BCUT2D eigenvalue weighted by atomic mass is 19.1. The van der Waals surface area contributed by atoms with Crippen molar-refractivity contribution < 1.29 is 23.2 Å². The van der Waals surface area contributed by atoms with E-state index in [-0.39, 0.29) is 36.3 Å². The fourth-order valence-electron chi connectivity index (χ4n) is 2.86. The van der Waals surface area contributed by atoms with Crippen molar-refractivity contribution in [3.8, 4) is 0 Å². The largest absolute Gasteiger partial charge is 0.352 e. The van der Waals surface area contributed by atoms with Gasteiger partial charge in [-0.25, -0.2) is 8.78 Å². The summed E-state index contributed by atoms with van der Waals surface area (Å²) in [7, 11) is 0. The Morgan fingerprint density at radius 1 is 1.03 bits per heavy atom. The molecule has 6 nitrogen and oxygen atoms in total. The van der Waals surface area contributed by atoms with Crippen LogP contribution in [0.4, 0.5) is 20.2 Å².